The molecule has 0 saturated heterocycles. The average Bonchev–Trinajstić information content (AvgIpc) is 3.11. The minimum atomic E-state index is -0.738. The fourth-order valence-corrected chi connectivity index (χ4v) is 2.86. The van der Waals surface area contributed by atoms with Crippen LogP contribution >= 0.6 is 15.9 Å². The maximum absolute atomic E-state index is 14.1. The molecule has 4 aromatic rings. The molecule has 2 aromatic heterocycles. The second-order valence-electron chi connectivity index (χ2n) is 5.08. The molecule has 0 aliphatic heterocycles. The van der Waals surface area contributed by atoms with Gasteiger partial charge in [0.2, 0.25) is 0 Å². The SMILES string of the molecule is Oc1nnc(-c2c(-c3ccc(Br)cc3)[nH]c3c(F)cc(F)cc23)o1. The molecule has 2 heterocycles. The van der Waals surface area contributed by atoms with Gasteiger partial charge >= 0.3 is 6.08 Å². The van der Waals surface area contributed by atoms with Crippen molar-refractivity contribution in [2.24, 2.45) is 0 Å². The molecule has 2 aromatic carbocycles. The molecule has 0 aliphatic carbocycles. The Morgan fingerprint density at radius 2 is 1.83 bits per heavy atom. The van der Waals surface area contributed by atoms with Gasteiger partial charge in [0.25, 0.3) is 5.89 Å². The number of benzene rings is 2. The van der Waals surface area contributed by atoms with E-state index in [1.165, 1.54) is 6.07 Å². The molecule has 0 radical (unpaired) electrons. The van der Waals surface area contributed by atoms with Crippen LogP contribution in [0.15, 0.2) is 45.3 Å². The fraction of sp³-hybridized carbons (Fsp3) is 0. The van der Waals surface area contributed by atoms with Crippen LogP contribution in [0.1, 0.15) is 0 Å². The third-order valence-electron chi connectivity index (χ3n) is 3.59. The van der Waals surface area contributed by atoms with Gasteiger partial charge in [0.15, 0.2) is 0 Å². The number of fused-ring (bicyclic) bond motifs is 1. The summed E-state index contributed by atoms with van der Waals surface area (Å²) in [5.74, 6) is -1.51. The lowest BCUT2D eigenvalue weighted by Crippen LogP contribution is -1.84. The van der Waals surface area contributed by atoms with Crippen LogP contribution < -0.4 is 0 Å². The first-order valence-corrected chi connectivity index (χ1v) is 7.62. The molecule has 0 atom stereocenters. The summed E-state index contributed by atoms with van der Waals surface area (Å²) in [5, 5.41) is 16.7. The standard InChI is InChI=1S/C16H8BrF2N3O2/c17-8-3-1-7(2-4-8)13-12(15-21-22-16(23)24-15)10-5-9(18)6-11(19)14(10)20-13/h1-6,20H,(H,22,23). The van der Waals surface area contributed by atoms with E-state index in [4.69, 9.17) is 4.42 Å². The molecule has 0 aliphatic rings. The molecular formula is C16H8BrF2N3O2. The van der Waals surface area contributed by atoms with Crippen molar-refractivity contribution in [3.63, 3.8) is 0 Å². The van der Waals surface area contributed by atoms with Crippen LogP contribution in [-0.4, -0.2) is 20.3 Å². The van der Waals surface area contributed by atoms with Crippen molar-refractivity contribution in [3.05, 3.63) is 52.5 Å². The van der Waals surface area contributed by atoms with Crippen LogP contribution in [-0.2, 0) is 0 Å². The minimum Gasteiger partial charge on any atom is -0.465 e. The summed E-state index contributed by atoms with van der Waals surface area (Å²) in [6.45, 7) is 0. The second kappa shape index (κ2) is 5.41. The molecular weight excluding hydrogens is 384 g/mol. The van der Waals surface area contributed by atoms with Crippen molar-refractivity contribution < 1.29 is 18.3 Å². The van der Waals surface area contributed by atoms with Crippen LogP contribution in [0.3, 0.4) is 0 Å². The molecule has 120 valence electrons. The normalized spacial score (nSPS) is 11.3. The number of hydrogen-bond acceptors (Lipinski definition) is 4. The van der Waals surface area contributed by atoms with E-state index in [0.29, 0.717) is 16.8 Å². The largest absolute Gasteiger partial charge is 0.465 e. The second-order valence-corrected chi connectivity index (χ2v) is 6.00. The Balaban J connectivity index is 2.08. The van der Waals surface area contributed by atoms with Crippen molar-refractivity contribution in [3.8, 4) is 28.8 Å². The van der Waals surface area contributed by atoms with Crippen molar-refractivity contribution in [2.75, 3.05) is 0 Å². The molecule has 24 heavy (non-hydrogen) atoms. The number of rotatable bonds is 2. The predicted octanol–water partition coefficient (Wildman–Crippen LogP) is 4.63. The summed E-state index contributed by atoms with van der Waals surface area (Å²) in [4.78, 5) is 2.94. The lowest BCUT2D eigenvalue weighted by atomic mass is 10.1. The van der Waals surface area contributed by atoms with E-state index >= 15 is 0 Å². The average molecular weight is 392 g/mol. The van der Waals surface area contributed by atoms with Gasteiger partial charge < -0.3 is 14.5 Å². The highest BCUT2D eigenvalue weighted by Gasteiger charge is 2.22. The zero-order valence-corrected chi connectivity index (χ0v) is 13.4. The molecule has 0 saturated carbocycles. The van der Waals surface area contributed by atoms with Crippen LogP contribution in [0.4, 0.5) is 8.78 Å². The highest BCUT2D eigenvalue weighted by molar-refractivity contribution is 9.10. The van der Waals surface area contributed by atoms with E-state index < -0.39 is 17.7 Å². The molecule has 4 rings (SSSR count). The fourth-order valence-electron chi connectivity index (χ4n) is 2.59. The number of nitrogens with zero attached hydrogens (tertiary/aromatic N) is 2. The first-order chi connectivity index (χ1) is 11.5. The minimum absolute atomic E-state index is 0.0401. The Labute approximate surface area is 142 Å². The Bertz CT molecular complexity index is 1060. The number of aromatic amines is 1. The van der Waals surface area contributed by atoms with Crippen LogP contribution in [0.5, 0.6) is 6.08 Å². The van der Waals surface area contributed by atoms with Gasteiger partial charge in [0, 0.05) is 15.9 Å². The number of halogens is 3. The molecule has 2 N–H and O–H groups in total. The molecule has 0 unspecified atom stereocenters. The van der Waals surface area contributed by atoms with E-state index in [-0.39, 0.29) is 16.8 Å². The molecule has 0 bridgehead atoms. The molecule has 8 heteroatoms. The van der Waals surface area contributed by atoms with E-state index in [0.717, 1.165) is 10.5 Å². The zero-order chi connectivity index (χ0) is 16.8. The van der Waals surface area contributed by atoms with E-state index in [1.807, 2.05) is 12.1 Å². The molecule has 5 nitrogen and oxygen atoms in total. The van der Waals surface area contributed by atoms with Gasteiger partial charge in [-0.2, -0.15) is 0 Å². The Morgan fingerprint density at radius 1 is 1.08 bits per heavy atom. The first-order valence-electron chi connectivity index (χ1n) is 6.82. The van der Waals surface area contributed by atoms with E-state index in [1.54, 1.807) is 12.1 Å². The third kappa shape index (κ3) is 2.35. The summed E-state index contributed by atoms with van der Waals surface area (Å²) in [7, 11) is 0. The van der Waals surface area contributed by atoms with Gasteiger partial charge in [0.05, 0.1) is 16.8 Å². The van der Waals surface area contributed by atoms with Crippen molar-refractivity contribution in [1.82, 2.24) is 15.2 Å². The summed E-state index contributed by atoms with van der Waals surface area (Å²) in [6.07, 6.45) is -0.627. The summed E-state index contributed by atoms with van der Waals surface area (Å²) in [6, 6.07) is 9.18. The Hall–Kier alpha value is -2.74. The number of H-pyrrole nitrogens is 1. The van der Waals surface area contributed by atoms with Gasteiger partial charge in [-0.1, -0.05) is 33.2 Å². The van der Waals surface area contributed by atoms with Gasteiger partial charge in [0.1, 0.15) is 11.6 Å². The third-order valence-corrected chi connectivity index (χ3v) is 4.11. The highest BCUT2D eigenvalue weighted by atomic mass is 79.9. The van der Waals surface area contributed by atoms with Gasteiger partial charge in [-0.3, -0.25) is 0 Å². The van der Waals surface area contributed by atoms with Crippen molar-refractivity contribution >= 4 is 26.8 Å². The predicted molar refractivity (Wildman–Crippen MR) is 86.3 cm³/mol. The number of hydrogen-bond donors (Lipinski definition) is 2. The quantitative estimate of drug-likeness (QED) is 0.522. The van der Waals surface area contributed by atoms with Crippen LogP contribution in [0, 0.1) is 11.6 Å². The summed E-state index contributed by atoms with van der Waals surface area (Å²) >= 11 is 3.35. The highest BCUT2D eigenvalue weighted by Crippen LogP contribution is 2.39. The van der Waals surface area contributed by atoms with Gasteiger partial charge in [-0.05, 0) is 23.8 Å². The first kappa shape index (κ1) is 14.8. The Morgan fingerprint density at radius 3 is 2.50 bits per heavy atom. The molecule has 0 amide bonds. The summed E-state index contributed by atoms with van der Waals surface area (Å²) < 4.78 is 33.8. The van der Waals surface area contributed by atoms with Crippen molar-refractivity contribution in [2.45, 2.75) is 0 Å². The lowest BCUT2D eigenvalue weighted by molar-refractivity contribution is 0.320. The van der Waals surface area contributed by atoms with Crippen LogP contribution in [0.2, 0.25) is 0 Å². The Kier molecular flexibility index (Phi) is 3.34. The lowest BCUT2D eigenvalue weighted by Gasteiger charge is -2.02. The molecule has 0 spiro atoms. The number of nitrogens with one attached hydrogen (secondary N) is 1. The summed E-state index contributed by atoms with van der Waals surface area (Å²) in [5.41, 5.74) is 1.62. The molecule has 0 fully saturated rings. The monoisotopic (exact) mass is 391 g/mol. The van der Waals surface area contributed by atoms with E-state index in [2.05, 4.69) is 31.1 Å². The smallest absolute Gasteiger partial charge is 0.412 e. The maximum atomic E-state index is 14.1. The zero-order valence-electron chi connectivity index (χ0n) is 11.8. The number of aromatic nitrogens is 3. The van der Waals surface area contributed by atoms with Crippen molar-refractivity contribution in [1.29, 1.82) is 0 Å². The topological polar surface area (TPSA) is 74.9 Å². The van der Waals surface area contributed by atoms with E-state index in [9.17, 15) is 13.9 Å². The maximum Gasteiger partial charge on any atom is 0.412 e. The van der Waals surface area contributed by atoms with Crippen LogP contribution in [0.25, 0.3) is 33.6 Å². The van der Waals surface area contributed by atoms with Gasteiger partial charge in [-0.25, -0.2) is 8.78 Å². The number of aromatic hydroxyl groups is 1. The van der Waals surface area contributed by atoms with Gasteiger partial charge in [-0.15, -0.1) is 5.10 Å².